The molecule has 1 aliphatic carbocycles. The van der Waals surface area contributed by atoms with E-state index in [0.29, 0.717) is 22.6 Å². The number of rotatable bonds is 7. The van der Waals surface area contributed by atoms with Crippen molar-refractivity contribution in [2.24, 2.45) is 7.05 Å². The number of nitrogens with zero attached hydrogens (tertiary/aromatic N) is 3. The number of aromatic nitrogens is 2. The Kier molecular flexibility index (Phi) is 7.42. The molecule has 0 spiro atoms. The minimum Gasteiger partial charge on any atom is -0.341 e. The summed E-state index contributed by atoms with van der Waals surface area (Å²) in [5, 5.41) is 19.0. The number of anilines is 3. The summed E-state index contributed by atoms with van der Waals surface area (Å²) in [5.74, 6) is -1.44. The highest BCUT2D eigenvalue weighted by atomic mass is 16.2. The Balaban J connectivity index is 1.38. The van der Waals surface area contributed by atoms with E-state index < -0.39 is 5.91 Å². The predicted octanol–water partition coefficient (Wildman–Crippen LogP) is 5.16. The van der Waals surface area contributed by atoms with Gasteiger partial charge in [0.25, 0.3) is 11.5 Å². The van der Waals surface area contributed by atoms with E-state index in [4.69, 9.17) is 0 Å². The number of para-hydroxylation sites is 2. The molecule has 3 N–H and O–H groups in total. The van der Waals surface area contributed by atoms with Crippen molar-refractivity contribution in [3.63, 3.8) is 0 Å². The summed E-state index contributed by atoms with van der Waals surface area (Å²) in [6, 6.07) is 30.9. The van der Waals surface area contributed by atoms with Crippen LogP contribution in [0.2, 0.25) is 0 Å². The van der Waals surface area contributed by atoms with E-state index in [1.807, 2.05) is 30.3 Å². The van der Waals surface area contributed by atoms with Crippen LogP contribution in [0.25, 0.3) is 5.69 Å². The van der Waals surface area contributed by atoms with Gasteiger partial charge < -0.3 is 16.0 Å². The Morgan fingerprint density at radius 1 is 0.689 bits per heavy atom. The van der Waals surface area contributed by atoms with Crippen molar-refractivity contribution in [3.8, 4) is 11.8 Å². The number of carbonyl (C=O) groups is 3. The van der Waals surface area contributed by atoms with Crippen molar-refractivity contribution in [3.05, 3.63) is 153 Å². The number of nitrogens with one attached hydrogen (secondary N) is 3. The van der Waals surface area contributed by atoms with E-state index in [2.05, 4.69) is 16.0 Å². The molecule has 6 rings (SSSR count). The second-order valence-electron chi connectivity index (χ2n) is 10.3. The van der Waals surface area contributed by atoms with Gasteiger partial charge in [0.2, 0.25) is 0 Å². The van der Waals surface area contributed by atoms with Crippen LogP contribution >= 0.6 is 0 Å². The number of benzene rings is 4. The molecule has 0 radical (unpaired) electrons. The number of carbonyl (C=O) groups excluding carboxylic acids is 3. The van der Waals surface area contributed by atoms with Crippen molar-refractivity contribution in [2.45, 2.75) is 6.92 Å². The molecule has 0 aliphatic heterocycles. The third kappa shape index (κ3) is 5.19. The maximum absolute atomic E-state index is 13.6. The van der Waals surface area contributed by atoms with Crippen LogP contribution in [0, 0.1) is 18.3 Å². The minimum absolute atomic E-state index is 0.0228. The first-order valence-corrected chi connectivity index (χ1v) is 14.0. The molecule has 10 heteroatoms. The first-order chi connectivity index (χ1) is 21.8. The quantitative estimate of drug-likeness (QED) is 0.172. The molecule has 0 atom stereocenters. The molecule has 220 valence electrons. The highest BCUT2D eigenvalue weighted by Crippen LogP contribution is 2.29. The summed E-state index contributed by atoms with van der Waals surface area (Å²) in [5.41, 5.74) is 2.41. The second kappa shape index (κ2) is 11.7. The molecular formula is C35H26N6O4. The fraction of sp³-hybridized carbons (Fsp3) is 0.0571. The molecule has 1 aliphatic rings. The number of nitriles is 1. The molecule has 0 saturated carbocycles. The highest BCUT2D eigenvalue weighted by Gasteiger charge is 2.30. The summed E-state index contributed by atoms with van der Waals surface area (Å²) in [7, 11) is 1.74. The average Bonchev–Trinajstić information content (AvgIpc) is 3.27. The van der Waals surface area contributed by atoms with Gasteiger partial charge >= 0.3 is 0 Å². The average molecular weight is 595 g/mol. The van der Waals surface area contributed by atoms with Gasteiger partial charge in [0, 0.05) is 40.7 Å². The summed E-state index contributed by atoms with van der Waals surface area (Å²) in [6.45, 7) is 1.75. The molecule has 0 fully saturated rings. The maximum Gasteiger partial charge on any atom is 0.295 e. The van der Waals surface area contributed by atoms with E-state index >= 15 is 0 Å². The lowest BCUT2D eigenvalue weighted by Crippen LogP contribution is -2.25. The topological polar surface area (TPSA) is 138 Å². The van der Waals surface area contributed by atoms with Crippen LogP contribution < -0.4 is 21.5 Å². The van der Waals surface area contributed by atoms with E-state index in [0.717, 1.165) is 0 Å². The molecular weight excluding hydrogens is 568 g/mol. The van der Waals surface area contributed by atoms with Crippen molar-refractivity contribution in [1.29, 1.82) is 5.26 Å². The van der Waals surface area contributed by atoms with Crippen molar-refractivity contribution >= 4 is 34.5 Å². The molecule has 1 aromatic heterocycles. The van der Waals surface area contributed by atoms with E-state index in [1.165, 1.54) is 22.9 Å². The minimum atomic E-state index is -0.796. The van der Waals surface area contributed by atoms with Crippen molar-refractivity contribution in [1.82, 2.24) is 9.36 Å². The zero-order chi connectivity index (χ0) is 31.7. The first kappa shape index (κ1) is 28.6. The number of ketones is 2. The Labute approximate surface area is 257 Å². The number of hydrogen-bond acceptors (Lipinski definition) is 7. The lowest BCUT2D eigenvalue weighted by molar-refractivity contribution is -0.112. The lowest BCUT2D eigenvalue weighted by Gasteiger charge is -2.18. The van der Waals surface area contributed by atoms with Gasteiger partial charge in [-0.15, -0.1) is 0 Å². The maximum atomic E-state index is 13.6. The molecule has 5 aromatic rings. The Morgan fingerprint density at radius 2 is 1.27 bits per heavy atom. The first-order valence-electron chi connectivity index (χ1n) is 14.0. The van der Waals surface area contributed by atoms with Crippen LogP contribution in [0.1, 0.15) is 37.5 Å². The van der Waals surface area contributed by atoms with Crippen LogP contribution in [0.4, 0.5) is 17.1 Å². The molecule has 1 amide bonds. The molecule has 1 heterocycles. The highest BCUT2D eigenvalue weighted by molar-refractivity contribution is 6.28. The molecule has 0 saturated heterocycles. The zero-order valence-electron chi connectivity index (χ0n) is 24.3. The summed E-state index contributed by atoms with van der Waals surface area (Å²) in [6.07, 6.45) is 0. The van der Waals surface area contributed by atoms with Crippen molar-refractivity contribution < 1.29 is 14.4 Å². The van der Waals surface area contributed by atoms with Gasteiger partial charge in [-0.2, -0.15) is 5.26 Å². The van der Waals surface area contributed by atoms with Crippen LogP contribution in [-0.4, -0.2) is 26.8 Å². The predicted molar refractivity (Wildman–Crippen MR) is 170 cm³/mol. The fourth-order valence-corrected chi connectivity index (χ4v) is 5.25. The molecule has 0 bridgehead atoms. The van der Waals surface area contributed by atoms with Gasteiger partial charge in [-0.25, -0.2) is 4.68 Å². The standard InChI is InChI=1S/C35H26N6O4/c1-21-30(35(45)41(40(21)2)24-13-7-4-8-14-24)39-33(37-22-11-5-3-6-12-22)29(20-36)34(44)38-23-17-18-27-28(19-23)32(43)26-16-10-9-15-25(26)31(27)42/h3-19,37,39H,1-2H3,(H,38,44)/b33-29+. The van der Waals surface area contributed by atoms with Gasteiger partial charge in [0.1, 0.15) is 17.6 Å². The van der Waals surface area contributed by atoms with Crippen LogP contribution in [0.5, 0.6) is 0 Å². The third-order valence-corrected chi connectivity index (χ3v) is 7.62. The largest absolute Gasteiger partial charge is 0.341 e. The zero-order valence-corrected chi connectivity index (χ0v) is 24.3. The van der Waals surface area contributed by atoms with Gasteiger partial charge in [0.15, 0.2) is 17.1 Å². The van der Waals surface area contributed by atoms with Gasteiger partial charge in [-0.05, 0) is 49.4 Å². The Bertz CT molecular complexity index is 2140. The number of hydrogen-bond donors (Lipinski definition) is 3. The van der Waals surface area contributed by atoms with E-state index in [-0.39, 0.29) is 56.6 Å². The van der Waals surface area contributed by atoms with Gasteiger partial charge in [-0.3, -0.25) is 23.9 Å². The SMILES string of the molecule is Cc1c(N/C(Nc2ccccc2)=C(\C#N)C(=O)Nc2ccc3c(c2)C(=O)c2ccccc2C3=O)c(=O)n(-c2ccccc2)n1C. The van der Waals surface area contributed by atoms with Gasteiger partial charge in [-0.1, -0.05) is 60.7 Å². The fourth-order valence-electron chi connectivity index (χ4n) is 5.25. The van der Waals surface area contributed by atoms with Gasteiger partial charge in [0.05, 0.1) is 11.4 Å². The summed E-state index contributed by atoms with van der Waals surface area (Å²) >= 11 is 0. The summed E-state index contributed by atoms with van der Waals surface area (Å²) < 4.78 is 3.16. The second-order valence-corrected chi connectivity index (χ2v) is 10.3. The smallest absolute Gasteiger partial charge is 0.295 e. The normalized spacial score (nSPS) is 12.4. The molecule has 4 aromatic carbocycles. The van der Waals surface area contributed by atoms with E-state index in [9.17, 15) is 24.4 Å². The van der Waals surface area contributed by atoms with Crippen LogP contribution in [-0.2, 0) is 11.8 Å². The number of amides is 1. The third-order valence-electron chi connectivity index (χ3n) is 7.62. The lowest BCUT2D eigenvalue weighted by atomic mass is 9.84. The van der Waals surface area contributed by atoms with E-state index in [1.54, 1.807) is 79.3 Å². The molecule has 45 heavy (non-hydrogen) atoms. The summed E-state index contributed by atoms with van der Waals surface area (Å²) in [4.78, 5) is 53.5. The monoisotopic (exact) mass is 594 g/mol. The number of fused-ring (bicyclic) bond motifs is 2. The van der Waals surface area contributed by atoms with Crippen LogP contribution in [0.15, 0.2) is 119 Å². The van der Waals surface area contributed by atoms with Crippen molar-refractivity contribution in [2.75, 3.05) is 16.0 Å². The molecule has 10 nitrogen and oxygen atoms in total. The molecule has 0 unspecified atom stereocenters. The Morgan fingerprint density at radius 3 is 1.91 bits per heavy atom. The Hall–Kier alpha value is -6.47. The van der Waals surface area contributed by atoms with Crippen LogP contribution in [0.3, 0.4) is 0 Å².